The van der Waals surface area contributed by atoms with Crippen LogP contribution in [0.15, 0.2) is 41.8 Å². The highest BCUT2D eigenvalue weighted by atomic mass is 32.2. The second-order valence-electron chi connectivity index (χ2n) is 3.80. The van der Waals surface area contributed by atoms with E-state index in [1.807, 2.05) is 6.92 Å². The van der Waals surface area contributed by atoms with Gasteiger partial charge in [0.15, 0.2) is 9.84 Å². The van der Waals surface area contributed by atoms with E-state index >= 15 is 0 Å². The molecule has 0 N–H and O–H groups in total. The van der Waals surface area contributed by atoms with Crippen LogP contribution in [0.3, 0.4) is 0 Å². The fourth-order valence-corrected chi connectivity index (χ4v) is 2.63. The lowest BCUT2D eigenvalue weighted by molar-refractivity contribution is -0.124. The van der Waals surface area contributed by atoms with Crippen molar-refractivity contribution in [1.82, 2.24) is 4.90 Å². The Bertz CT molecular complexity index is 517. The summed E-state index contributed by atoms with van der Waals surface area (Å²) in [6, 6.07) is 6.53. The number of rotatable bonds is 4. The lowest BCUT2D eigenvalue weighted by atomic mass is 10.2. The Hall–Kier alpha value is -1.62. The summed E-state index contributed by atoms with van der Waals surface area (Å²) in [5.41, 5.74) is 0.986. The Morgan fingerprint density at radius 2 is 1.88 bits per heavy atom. The molecule has 4 nitrogen and oxygen atoms in total. The molecule has 92 valence electrons. The molecule has 0 aromatic heterocycles. The van der Waals surface area contributed by atoms with E-state index in [0.29, 0.717) is 0 Å². The first kappa shape index (κ1) is 13.4. The summed E-state index contributed by atoms with van der Waals surface area (Å²) < 4.78 is 23.9. The van der Waals surface area contributed by atoms with E-state index in [2.05, 4.69) is 6.58 Å². The van der Waals surface area contributed by atoms with Gasteiger partial charge in [-0.1, -0.05) is 24.3 Å². The average Bonchev–Trinajstić information content (AvgIpc) is 2.27. The highest BCUT2D eigenvalue weighted by Gasteiger charge is 2.18. The third kappa shape index (κ3) is 3.42. The number of amides is 1. The molecule has 0 spiro atoms. The molecule has 17 heavy (non-hydrogen) atoms. The zero-order valence-corrected chi connectivity index (χ0v) is 10.7. The monoisotopic (exact) mass is 253 g/mol. The van der Waals surface area contributed by atoms with E-state index < -0.39 is 15.7 Å². The lowest BCUT2D eigenvalue weighted by Gasteiger charge is -2.15. The van der Waals surface area contributed by atoms with Crippen molar-refractivity contribution < 1.29 is 13.2 Å². The van der Waals surface area contributed by atoms with Gasteiger partial charge in [-0.25, -0.2) is 8.42 Å². The number of carbonyl (C=O) groups excluding carboxylic acids is 1. The summed E-state index contributed by atoms with van der Waals surface area (Å²) in [4.78, 5) is 12.5. The fourth-order valence-electron chi connectivity index (χ4n) is 1.29. The number of likely N-dealkylation sites (N-methyl/N-ethyl adjacent to an activating group) is 1. The van der Waals surface area contributed by atoms with Gasteiger partial charge in [0.25, 0.3) is 0 Å². The molecule has 0 saturated heterocycles. The quantitative estimate of drug-likeness (QED) is 0.762. The predicted molar refractivity (Wildman–Crippen MR) is 66.2 cm³/mol. The number of benzene rings is 1. The molecule has 0 unspecified atom stereocenters. The van der Waals surface area contributed by atoms with Gasteiger partial charge in [0, 0.05) is 7.05 Å². The summed E-state index contributed by atoms with van der Waals surface area (Å²) in [5.74, 6) is -0.762. The zero-order chi connectivity index (χ0) is 13.1. The summed E-state index contributed by atoms with van der Waals surface area (Å²) in [6.45, 7) is 5.19. The number of hydrogen-bond acceptors (Lipinski definition) is 3. The molecule has 0 saturated carbocycles. The van der Waals surface area contributed by atoms with Gasteiger partial charge in [-0.2, -0.15) is 0 Å². The molecule has 1 aromatic rings. The smallest absolute Gasteiger partial charge is 0.246 e. The van der Waals surface area contributed by atoms with E-state index in [4.69, 9.17) is 0 Å². The molecule has 0 aliphatic carbocycles. The van der Waals surface area contributed by atoms with Crippen LogP contribution >= 0.6 is 0 Å². The van der Waals surface area contributed by atoms with Crippen LogP contribution in [0.5, 0.6) is 0 Å². The minimum absolute atomic E-state index is 0.215. The molecule has 0 aliphatic rings. The number of carbonyl (C=O) groups is 1. The average molecular weight is 253 g/mol. The van der Waals surface area contributed by atoms with Crippen molar-refractivity contribution in [1.29, 1.82) is 0 Å². The maximum atomic E-state index is 11.9. The third-order valence-electron chi connectivity index (χ3n) is 2.29. The highest BCUT2D eigenvalue weighted by Crippen LogP contribution is 2.12. The first-order valence-corrected chi connectivity index (χ1v) is 6.69. The SMILES string of the molecule is C=CC(=O)N(C)CS(=O)(=O)c1ccc(C)cc1. The molecule has 1 amide bonds. The Balaban J connectivity index is 2.93. The van der Waals surface area contributed by atoms with Crippen LogP contribution in [0.25, 0.3) is 0 Å². The Morgan fingerprint density at radius 1 is 1.35 bits per heavy atom. The molecule has 0 heterocycles. The largest absolute Gasteiger partial charge is 0.327 e. The number of nitrogens with zero attached hydrogens (tertiary/aromatic N) is 1. The van der Waals surface area contributed by atoms with E-state index in [1.54, 1.807) is 12.1 Å². The van der Waals surface area contributed by atoms with Crippen molar-refractivity contribution in [3.05, 3.63) is 42.5 Å². The van der Waals surface area contributed by atoms with Gasteiger partial charge in [0.05, 0.1) is 4.90 Å². The second kappa shape index (κ2) is 5.14. The Kier molecular flexibility index (Phi) is 4.07. The van der Waals surface area contributed by atoms with Gasteiger partial charge < -0.3 is 4.90 Å². The van der Waals surface area contributed by atoms with Crippen LogP contribution in [-0.2, 0) is 14.6 Å². The lowest BCUT2D eigenvalue weighted by Crippen LogP contribution is -2.30. The maximum absolute atomic E-state index is 11.9. The summed E-state index contributed by atoms with van der Waals surface area (Å²) in [7, 11) is -2.05. The van der Waals surface area contributed by atoms with Crippen LogP contribution in [-0.4, -0.2) is 32.1 Å². The molecule has 0 aliphatic heterocycles. The topological polar surface area (TPSA) is 54.5 Å². The molecular weight excluding hydrogens is 238 g/mol. The van der Waals surface area contributed by atoms with Gasteiger partial charge in [0.2, 0.25) is 5.91 Å². The standard InChI is InChI=1S/C12H15NO3S/c1-4-12(14)13(3)9-17(15,16)11-7-5-10(2)6-8-11/h4-8H,1,9H2,2-3H3. The van der Waals surface area contributed by atoms with Crippen molar-refractivity contribution in [2.24, 2.45) is 0 Å². The van der Waals surface area contributed by atoms with Gasteiger partial charge in [-0.3, -0.25) is 4.79 Å². The third-order valence-corrected chi connectivity index (χ3v) is 4.01. The van der Waals surface area contributed by atoms with Crippen molar-refractivity contribution in [3.8, 4) is 0 Å². The van der Waals surface area contributed by atoms with Crippen molar-refractivity contribution in [2.75, 3.05) is 12.9 Å². The van der Waals surface area contributed by atoms with Gasteiger partial charge in [-0.05, 0) is 25.1 Å². The second-order valence-corrected chi connectivity index (χ2v) is 5.76. The predicted octanol–water partition coefficient (Wildman–Crippen LogP) is 1.37. The number of sulfone groups is 1. The van der Waals surface area contributed by atoms with Gasteiger partial charge >= 0.3 is 0 Å². The molecule has 5 heteroatoms. The molecule has 0 bridgehead atoms. The minimum Gasteiger partial charge on any atom is -0.327 e. The summed E-state index contributed by atoms with van der Waals surface area (Å²) in [6.07, 6.45) is 1.09. The van der Waals surface area contributed by atoms with Gasteiger partial charge in [-0.15, -0.1) is 0 Å². The van der Waals surface area contributed by atoms with Crippen LogP contribution in [0.1, 0.15) is 5.56 Å². The van der Waals surface area contributed by atoms with Crippen LogP contribution in [0.2, 0.25) is 0 Å². The normalized spacial score (nSPS) is 10.9. The van der Waals surface area contributed by atoms with Crippen molar-refractivity contribution >= 4 is 15.7 Å². The van der Waals surface area contributed by atoms with E-state index in [1.165, 1.54) is 19.2 Å². The first-order valence-electron chi connectivity index (χ1n) is 5.04. The van der Waals surface area contributed by atoms with E-state index in [9.17, 15) is 13.2 Å². The molecule has 0 radical (unpaired) electrons. The van der Waals surface area contributed by atoms with Crippen LogP contribution in [0, 0.1) is 6.92 Å². The molecule has 0 fully saturated rings. The minimum atomic E-state index is -3.47. The summed E-state index contributed by atoms with van der Waals surface area (Å²) >= 11 is 0. The van der Waals surface area contributed by atoms with Crippen molar-refractivity contribution in [3.63, 3.8) is 0 Å². The van der Waals surface area contributed by atoms with E-state index in [-0.39, 0.29) is 10.8 Å². The van der Waals surface area contributed by atoms with Crippen LogP contribution in [0.4, 0.5) is 0 Å². The van der Waals surface area contributed by atoms with Crippen LogP contribution < -0.4 is 0 Å². The fraction of sp³-hybridized carbons (Fsp3) is 0.250. The maximum Gasteiger partial charge on any atom is 0.246 e. The first-order chi connectivity index (χ1) is 7.86. The van der Waals surface area contributed by atoms with E-state index in [0.717, 1.165) is 16.5 Å². The molecule has 1 aromatic carbocycles. The molecule has 0 atom stereocenters. The Morgan fingerprint density at radius 3 is 2.35 bits per heavy atom. The van der Waals surface area contributed by atoms with Gasteiger partial charge in [0.1, 0.15) is 5.88 Å². The zero-order valence-electron chi connectivity index (χ0n) is 9.88. The Labute approximate surface area is 101 Å². The highest BCUT2D eigenvalue weighted by molar-refractivity contribution is 7.91. The molecule has 1 rings (SSSR count). The number of aryl methyl sites for hydroxylation is 1. The van der Waals surface area contributed by atoms with Crippen molar-refractivity contribution in [2.45, 2.75) is 11.8 Å². The number of hydrogen-bond donors (Lipinski definition) is 0. The molecular formula is C12H15NO3S. The summed E-state index contributed by atoms with van der Waals surface area (Å²) in [5, 5.41) is 0.